The molecular formula is C25H21F4N3O. The monoisotopic (exact) mass is 455 g/mol. The van der Waals surface area contributed by atoms with Gasteiger partial charge in [-0.3, -0.25) is 4.79 Å². The number of benzene rings is 2. The molecule has 0 bridgehead atoms. The van der Waals surface area contributed by atoms with Crippen LogP contribution in [0.3, 0.4) is 0 Å². The second kappa shape index (κ2) is 8.03. The molecule has 0 aliphatic rings. The van der Waals surface area contributed by atoms with Gasteiger partial charge < -0.3 is 9.72 Å². The van der Waals surface area contributed by atoms with Gasteiger partial charge in [0.1, 0.15) is 11.5 Å². The van der Waals surface area contributed by atoms with Crippen LogP contribution >= 0.6 is 0 Å². The van der Waals surface area contributed by atoms with Gasteiger partial charge in [-0.2, -0.15) is 13.2 Å². The molecule has 0 aliphatic heterocycles. The molecule has 0 saturated carbocycles. The van der Waals surface area contributed by atoms with Gasteiger partial charge in [-0.15, -0.1) is 0 Å². The lowest BCUT2D eigenvalue weighted by Crippen LogP contribution is -2.28. The molecular weight excluding hydrogens is 434 g/mol. The Balaban J connectivity index is 1.76. The van der Waals surface area contributed by atoms with Crippen LogP contribution in [0.4, 0.5) is 23.2 Å². The first-order chi connectivity index (χ1) is 15.4. The molecule has 170 valence electrons. The standard InChI is InChI=1S/C25H21F4N3O/c1-24(2,3)23(33)31-20-12-15(8-10-18(20)25(27,28)29)21-14-32-13-16(9-11-22(32)30-21)17-6-4-5-7-19(17)26/h4-14H,1-3H3,(H,31,33). The number of hydrogen-bond donors (Lipinski definition) is 1. The van der Waals surface area contributed by atoms with Crippen molar-refractivity contribution in [2.24, 2.45) is 5.41 Å². The number of carbonyl (C=O) groups excluding carboxylic acids is 1. The average Bonchev–Trinajstić information content (AvgIpc) is 3.16. The minimum atomic E-state index is -4.63. The van der Waals surface area contributed by atoms with Crippen LogP contribution in [0.15, 0.2) is 67.0 Å². The van der Waals surface area contributed by atoms with E-state index in [1.165, 1.54) is 18.2 Å². The maximum atomic E-state index is 14.2. The lowest BCUT2D eigenvalue weighted by Gasteiger charge is -2.20. The molecule has 0 unspecified atom stereocenters. The van der Waals surface area contributed by atoms with Crippen LogP contribution in [0.5, 0.6) is 0 Å². The second-order valence-electron chi connectivity index (χ2n) is 8.75. The summed E-state index contributed by atoms with van der Waals surface area (Å²) in [7, 11) is 0. The summed E-state index contributed by atoms with van der Waals surface area (Å²) >= 11 is 0. The first-order valence-corrected chi connectivity index (χ1v) is 10.2. The number of nitrogens with one attached hydrogen (secondary N) is 1. The molecule has 0 radical (unpaired) electrons. The Kier molecular flexibility index (Phi) is 5.47. The Hall–Kier alpha value is -3.68. The van der Waals surface area contributed by atoms with Crippen molar-refractivity contribution in [1.29, 1.82) is 0 Å². The van der Waals surface area contributed by atoms with Gasteiger partial charge in [-0.05, 0) is 30.3 Å². The van der Waals surface area contributed by atoms with Crippen molar-refractivity contribution in [3.8, 4) is 22.4 Å². The molecule has 2 heterocycles. The highest BCUT2D eigenvalue weighted by Crippen LogP contribution is 2.38. The summed E-state index contributed by atoms with van der Waals surface area (Å²) in [5.74, 6) is -0.895. The zero-order chi connectivity index (χ0) is 24.0. The zero-order valence-electron chi connectivity index (χ0n) is 18.2. The van der Waals surface area contributed by atoms with Crippen molar-refractivity contribution >= 4 is 17.2 Å². The van der Waals surface area contributed by atoms with E-state index in [4.69, 9.17) is 0 Å². The van der Waals surface area contributed by atoms with Crippen molar-refractivity contribution in [1.82, 2.24) is 9.38 Å². The molecule has 4 nitrogen and oxygen atoms in total. The molecule has 4 rings (SSSR count). The summed E-state index contributed by atoms with van der Waals surface area (Å²) < 4.78 is 56.4. The van der Waals surface area contributed by atoms with E-state index >= 15 is 0 Å². The van der Waals surface area contributed by atoms with Crippen LogP contribution < -0.4 is 5.32 Å². The normalized spacial score (nSPS) is 12.2. The minimum absolute atomic E-state index is 0.330. The van der Waals surface area contributed by atoms with Crippen LogP contribution in [0.25, 0.3) is 28.0 Å². The number of aromatic nitrogens is 2. The fourth-order valence-electron chi connectivity index (χ4n) is 3.35. The Bertz CT molecular complexity index is 1350. The number of hydrogen-bond acceptors (Lipinski definition) is 2. The predicted molar refractivity (Wildman–Crippen MR) is 119 cm³/mol. The number of fused-ring (bicyclic) bond motifs is 1. The van der Waals surface area contributed by atoms with Crippen molar-refractivity contribution in [2.75, 3.05) is 5.32 Å². The van der Waals surface area contributed by atoms with Crippen LogP contribution in [0, 0.1) is 11.2 Å². The lowest BCUT2D eigenvalue weighted by atomic mass is 9.95. The van der Waals surface area contributed by atoms with Gasteiger partial charge in [0.05, 0.1) is 16.9 Å². The molecule has 2 aromatic heterocycles. The Morgan fingerprint density at radius 1 is 0.939 bits per heavy atom. The molecule has 33 heavy (non-hydrogen) atoms. The molecule has 0 atom stereocenters. The fraction of sp³-hybridized carbons (Fsp3) is 0.200. The van der Waals surface area contributed by atoms with Gasteiger partial charge in [0.2, 0.25) is 5.91 Å². The maximum Gasteiger partial charge on any atom is 0.418 e. The molecule has 0 fully saturated rings. The summed E-state index contributed by atoms with van der Waals surface area (Å²) in [4.78, 5) is 16.8. The van der Waals surface area contributed by atoms with Crippen molar-refractivity contribution in [3.05, 3.63) is 78.4 Å². The minimum Gasteiger partial charge on any atom is -0.325 e. The number of carbonyl (C=O) groups is 1. The topological polar surface area (TPSA) is 46.4 Å². The molecule has 8 heteroatoms. The third-order valence-electron chi connectivity index (χ3n) is 5.19. The average molecular weight is 455 g/mol. The van der Waals surface area contributed by atoms with Gasteiger partial charge >= 0.3 is 6.18 Å². The Labute approximate surface area is 187 Å². The summed E-state index contributed by atoms with van der Waals surface area (Å²) in [6.45, 7) is 4.86. The van der Waals surface area contributed by atoms with Crippen LogP contribution in [0.1, 0.15) is 26.3 Å². The van der Waals surface area contributed by atoms with Gasteiger partial charge in [0, 0.05) is 34.5 Å². The van der Waals surface area contributed by atoms with Gasteiger partial charge in [0.15, 0.2) is 0 Å². The summed E-state index contributed by atoms with van der Waals surface area (Å²) in [5.41, 5.74) is 0.296. The van der Waals surface area contributed by atoms with Gasteiger partial charge in [-0.1, -0.05) is 45.0 Å². The van der Waals surface area contributed by atoms with E-state index in [1.807, 2.05) is 0 Å². The van der Waals surface area contributed by atoms with E-state index in [-0.39, 0.29) is 11.5 Å². The van der Waals surface area contributed by atoms with Crippen LogP contribution in [-0.2, 0) is 11.0 Å². The van der Waals surface area contributed by atoms with Crippen molar-refractivity contribution in [3.63, 3.8) is 0 Å². The Morgan fingerprint density at radius 3 is 2.30 bits per heavy atom. The van der Waals surface area contributed by atoms with Crippen molar-refractivity contribution in [2.45, 2.75) is 26.9 Å². The third kappa shape index (κ3) is 4.60. The quantitative estimate of drug-likeness (QED) is 0.345. The summed E-state index contributed by atoms with van der Waals surface area (Å²) in [6.07, 6.45) is -1.28. The number of amides is 1. The summed E-state index contributed by atoms with van der Waals surface area (Å²) in [5, 5.41) is 2.40. The highest BCUT2D eigenvalue weighted by molar-refractivity contribution is 5.96. The maximum absolute atomic E-state index is 14.2. The van der Waals surface area contributed by atoms with E-state index in [0.29, 0.717) is 28.0 Å². The number of rotatable bonds is 3. The number of alkyl halides is 3. The lowest BCUT2D eigenvalue weighted by molar-refractivity contribution is -0.137. The van der Waals surface area contributed by atoms with E-state index < -0.39 is 23.1 Å². The van der Waals surface area contributed by atoms with E-state index in [9.17, 15) is 22.4 Å². The van der Waals surface area contributed by atoms with Gasteiger partial charge in [0.25, 0.3) is 0 Å². The van der Waals surface area contributed by atoms with Crippen LogP contribution in [-0.4, -0.2) is 15.3 Å². The highest BCUT2D eigenvalue weighted by atomic mass is 19.4. The predicted octanol–water partition coefficient (Wildman–Crippen LogP) is 6.81. The third-order valence-corrected chi connectivity index (χ3v) is 5.19. The van der Waals surface area contributed by atoms with E-state index in [0.717, 1.165) is 6.07 Å². The second-order valence-corrected chi connectivity index (χ2v) is 8.75. The molecule has 0 aliphatic carbocycles. The molecule has 4 aromatic rings. The molecule has 2 aromatic carbocycles. The first-order valence-electron chi connectivity index (χ1n) is 10.2. The van der Waals surface area contributed by atoms with Gasteiger partial charge in [-0.25, -0.2) is 9.37 Å². The number of anilines is 1. The van der Waals surface area contributed by atoms with Crippen LogP contribution in [0.2, 0.25) is 0 Å². The number of nitrogens with zero attached hydrogens (tertiary/aromatic N) is 2. The summed E-state index contributed by atoms with van der Waals surface area (Å²) in [6, 6.07) is 13.3. The molecule has 0 spiro atoms. The number of imidazole rings is 1. The largest absolute Gasteiger partial charge is 0.418 e. The molecule has 1 N–H and O–H groups in total. The van der Waals surface area contributed by atoms with E-state index in [1.54, 1.807) is 67.9 Å². The Morgan fingerprint density at radius 2 is 1.64 bits per heavy atom. The SMILES string of the molecule is CC(C)(C)C(=O)Nc1cc(-c2cn3cc(-c4ccccc4F)ccc3n2)ccc1C(F)(F)F. The molecule has 0 saturated heterocycles. The molecule has 1 amide bonds. The number of halogens is 4. The first kappa shape index (κ1) is 22.5. The number of pyridine rings is 1. The highest BCUT2D eigenvalue weighted by Gasteiger charge is 2.35. The smallest absolute Gasteiger partial charge is 0.325 e. The zero-order valence-corrected chi connectivity index (χ0v) is 18.2. The van der Waals surface area contributed by atoms with E-state index in [2.05, 4.69) is 10.3 Å². The van der Waals surface area contributed by atoms with Crippen molar-refractivity contribution < 1.29 is 22.4 Å². The fourth-order valence-corrected chi connectivity index (χ4v) is 3.35.